The van der Waals surface area contributed by atoms with E-state index in [1.54, 1.807) is 6.20 Å². The highest BCUT2D eigenvalue weighted by Crippen LogP contribution is 2.53. The molecule has 3 aromatic heterocycles. The van der Waals surface area contributed by atoms with Crippen LogP contribution >= 0.6 is 0 Å². The van der Waals surface area contributed by atoms with Gasteiger partial charge in [0.25, 0.3) is 0 Å². The summed E-state index contributed by atoms with van der Waals surface area (Å²) in [6.07, 6.45) is 16.5. The molecule has 1 unspecified atom stereocenters. The Morgan fingerprint density at radius 2 is 1.52 bits per heavy atom. The van der Waals surface area contributed by atoms with Crippen LogP contribution in [0.1, 0.15) is 140 Å². The molecule has 0 bridgehead atoms. The van der Waals surface area contributed by atoms with Crippen molar-refractivity contribution in [2.45, 2.75) is 153 Å². The molecule has 2 aliphatic carbocycles. The highest BCUT2D eigenvalue weighted by atomic mass is 16.2. The smallest absolute Gasteiger partial charge is 0.238 e. The van der Waals surface area contributed by atoms with Gasteiger partial charge in [-0.3, -0.25) is 29.3 Å². The van der Waals surface area contributed by atoms with Crippen LogP contribution in [0.3, 0.4) is 0 Å². The van der Waals surface area contributed by atoms with E-state index in [0.717, 1.165) is 102 Å². The van der Waals surface area contributed by atoms with Crippen LogP contribution in [0.2, 0.25) is 0 Å². The number of imide groups is 1. The third-order valence-electron chi connectivity index (χ3n) is 18.8. The molecule has 6 aliphatic heterocycles. The molecule has 73 heavy (non-hydrogen) atoms. The van der Waals surface area contributed by atoms with Crippen LogP contribution in [-0.2, 0) is 29.4 Å². The van der Waals surface area contributed by atoms with Crippen molar-refractivity contribution in [1.82, 2.24) is 39.5 Å². The Hall–Kier alpha value is -5.90. The van der Waals surface area contributed by atoms with E-state index in [-0.39, 0.29) is 53.5 Å². The van der Waals surface area contributed by atoms with E-state index >= 15 is 4.79 Å². The Bertz CT molecular complexity index is 2800. The van der Waals surface area contributed by atoms with Crippen LogP contribution in [0.25, 0.3) is 22.3 Å². The highest BCUT2D eigenvalue weighted by Gasteiger charge is 2.57. The molecule has 9 heterocycles. The molecule has 16 heteroatoms. The minimum Gasteiger partial charge on any atom is -0.357 e. The second-order valence-corrected chi connectivity index (χ2v) is 23.5. The fourth-order valence-electron chi connectivity index (χ4n) is 13.7. The lowest BCUT2D eigenvalue weighted by atomic mass is 9.72. The van der Waals surface area contributed by atoms with Gasteiger partial charge in [-0.05, 0) is 140 Å². The van der Waals surface area contributed by atoms with Gasteiger partial charge in [0, 0.05) is 106 Å². The first-order valence-corrected chi connectivity index (χ1v) is 27.7. The first-order valence-electron chi connectivity index (χ1n) is 27.7. The zero-order valence-corrected chi connectivity index (χ0v) is 43.4. The predicted octanol–water partition coefficient (Wildman–Crippen LogP) is 6.96. The zero-order valence-electron chi connectivity index (χ0n) is 43.4. The van der Waals surface area contributed by atoms with Crippen LogP contribution in [0, 0.1) is 11.3 Å². The van der Waals surface area contributed by atoms with Gasteiger partial charge in [0.15, 0.2) is 5.82 Å². The van der Waals surface area contributed by atoms with Crippen LogP contribution in [0.4, 0.5) is 17.3 Å². The van der Waals surface area contributed by atoms with Crippen molar-refractivity contribution in [3.8, 4) is 11.3 Å². The monoisotopic (exact) mass is 992 g/mol. The van der Waals surface area contributed by atoms with Crippen molar-refractivity contribution in [2.75, 3.05) is 74.1 Å². The molecule has 4 aromatic rings. The Kier molecular flexibility index (Phi) is 12.4. The van der Waals surface area contributed by atoms with Crippen molar-refractivity contribution in [1.29, 1.82) is 0 Å². The molecule has 1 aromatic carbocycles. The summed E-state index contributed by atoms with van der Waals surface area (Å²) in [6, 6.07) is 14.0. The number of aromatic nitrogens is 4. The maximum atomic E-state index is 15.3. The van der Waals surface area contributed by atoms with Gasteiger partial charge in [-0.15, -0.1) is 0 Å². The number of pyridine rings is 2. The Morgan fingerprint density at radius 1 is 0.795 bits per heavy atom. The fourth-order valence-corrected chi connectivity index (χ4v) is 13.7. The normalized spacial score (nSPS) is 25.6. The molecule has 386 valence electrons. The first-order chi connectivity index (χ1) is 35.3. The van der Waals surface area contributed by atoms with Crippen LogP contribution < -0.4 is 20.0 Å². The van der Waals surface area contributed by atoms with Gasteiger partial charge in [0.2, 0.25) is 29.5 Å². The van der Waals surface area contributed by atoms with Crippen molar-refractivity contribution >= 4 is 57.9 Å². The molecule has 5 amide bonds. The van der Waals surface area contributed by atoms with E-state index in [1.807, 2.05) is 28.3 Å². The Morgan fingerprint density at radius 3 is 2.19 bits per heavy atom. The van der Waals surface area contributed by atoms with Crippen molar-refractivity contribution in [2.24, 2.45) is 11.3 Å². The average Bonchev–Trinajstić information content (AvgIpc) is 4.12. The minimum absolute atomic E-state index is 0.0728. The van der Waals surface area contributed by atoms with Crippen LogP contribution in [-0.4, -0.2) is 141 Å². The van der Waals surface area contributed by atoms with Crippen LogP contribution in [0.5, 0.6) is 0 Å². The number of anilines is 3. The number of imidazole rings is 1. The molecule has 0 radical (unpaired) electrons. The van der Waals surface area contributed by atoms with E-state index in [0.29, 0.717) is 89.9 Å². The molecule has 2 saturated carbocycles. The molecule has 5 saturated heterocycles. The van der Waals surface area contributed by atoms with Gasteiger partial charge >= 0.3 is 0 Å². The largest absolute Gasteiger partial charge is 0.357 e. The third-order valence-corrected chi connectivity index (χ3v) is 18.8. The van der Waals surface area contributed by atoms with Gasteiger partial charge < -0.3 is 34.0 Å². The SMILES string of the molecule is CC(C)n1cnc2cc(-c3ccc4c(c3)N([C@H]3C[C@@H](N5CCCCC5)C3)C(=O)C43CCN(C(=O)C4(C)CCN(C(=O)C5CCN(c6ccc(C7CCC(=O)NC7=O)cn6)CC5)CC4)CC3)nc(N(C)C3CC3)c21. The van der Waals surface area contributed by atoms with Crippen molar-refractivity contribution in [3.63, 3.8) is 0 Å². The van der Waals surface area contributed by atoms with Gasteiger partial charge in [-0.1, -0.05) is 31.5 Å². The number of carbonyl (C=O) groups is 5. The molecule has 1 spiro atoms. The first kappa shape index (κ1) is 48.1. The van der Waals surface area contributed by atoms with Gasteiger partial charge in [0.1, 0.15) is 11.3 Å². The molecule has 7 fully saturated rings. The molecule has 1 atom stereocenters. The van der Waals surface area contributed by atoms with E-state index in [4.69, 9.17) is 9.97 Å². The molecule has 1 N–H and O–H groups in total. The summed E-state index contributed by atoms with van der Waals surface area (Å²) >= 11 is 0. The quantitative estimate of drug-likeness (QED) is 0.164. The summed E-state index contributed by atoms with van der Waals surface area (Å²) in [7, 11) is 2.16. The van der Waals surface area contributed by atoms with Gasteiger partial charge in [0.05, 0.1) is 28.9 Å². The lowest BCUT2D eigenvalue weighted by molar-refractivity contribution is -0.150. The second-order valence-electron chi connectivity index (χ2n) is 23.5. The molecule has 8 aliphatic rings. The molecular formula is C57H73N11O5. The average molecular weight is 992 g/mol. The molecular weight excluding hydrogens is 919 g/mol. The lowest BCUT2D eigenvalue weighted by Crippen LogP contribution is -2.59. The van der Waals surface area contributed by atoms with E-state index in [2.05, 4.69) is 86.6 Å². The summed E-state index contributed by atoms with van der Waals surface area (Å²) < 4.78 is 2.23. The number of fused-ring (bicyclic) bond motifs is 3. The number of benzene rings is 1. The van der Waals surface area contributed by atoms with Crippen molar-refractivity contribution in [3.05, 3.63) is 60.0 Å². The topological polar surface area (TPSA) is 160 Å². The number of rotatable bonds is 10. The summed E-state index contributed by atoms with van der Waals surface area (Å²) in [6.45, 7) is 12.4. The minimum atomic E-state index is -0.687. The maximum absolute atomic E-state index is 15.3. The second kappa shape index (κ2) is 18.8. The summed E-state index contributed by atoms with van der Waals surface area (Å²) in [5.74, 6) is 1.38. The lowest BCUT2D eigenvalue weighted by Gasteiger charge is -2.48. The summed E-state index contributed by atoms with van der Waals surface area (Å²) in [4.78, 5) is 96.3. The van der Waals surface area contributed by atoms with E-state index < -0.39 is 10.8 Å². The number of amides is 5. The standard InChI is InChI=1S/C57H73N11O5/c1-36(2)67-35-59-46-33-45(60-51(50(46)67)62(4)40-10-11-40)38-8-13-44-47(30-38)68(42-31-41(32-42)63-22-6-5-7-23-63)55(73)57(44)20-28-66(29-21-57)54(72)56(3)18-26-65(27-19-56)53(71)37-16-24-64(25-17-37)48-14-9-39(34-58-48)43-12-15-49(69)61-52(43)70/h8-9,13-14,30,33-37,40-43H,5-7,10-12,15-29,31-32H2,1-4H3,(H,61,69,70)/t41-,42+,43?. The Labute approximate surface area is 429 Å². The number of nitrogens with zero attached hydrogens (tertiary/aromatic N) is 10. The number of piperidine rings is 5. The fraction of sp³-hybridized carbons (Fsp3) is 0.614. The van der Waals surface area contributed by atoms with Crippen LogP contribution in [0.15, 0.2) is 48.9 Å². The number of carbonyl (C=O) groups excluding carboxylic acids is 5. The third kappa shape index (κ3) is 8.56. The zero-order chi connectivity index (χ0) is 50.3. The molecule has 16 nitrogen and oxygen atoms in total. The summed E-state index contributed by atoms with van der Waals surface area (Å²) in [5, 5.41) is 2.43. The summed E-state index contributed by atoms with van der Waals surface area (Å²) in [5.41, 5.74) is 5.53. The van der Waals surface area contributed by atoms with Gasteiger partial charge in [-0.2, -0.15) is 0 Å². The predicted molar refractivity (Wildman–Crippen MR) is 280 cm³/mol. The van der Waals surface area contributed by atoms with E-state index in [1.165, 1.54) is 19.3 Å². The van der Waals surface area contributed by atoms with Crippen molar-refractivity contribution < 1.29 is 24.0 Å². The van der Waals surface area contributed by atoms with E-state index in [9.17, 15) is 19.2 Å². The maximum Gasteiger partial charge on any atom is 0.238 e. The van der Waals surface area contributed by atoms with Gasteiger partial charge in [-0.25, -0.2) is 15.0 Å². The number of hydrogen-bond donors (Lipinski definition) is 1. The molecule has 12 rings (SSSR count). The Balaban J connectivity index is 0.711. The number of hydrogen-bond acceptors (Lipinski definition) is 11. The number of nitrogens with one attached hydrogen (secondary N) is 1. The number of likely N-dealkylation sites (tertiary alicyclic amines) is 3. The highest BCUT2D eigenvalue weighted by molar-refractivity contribution is 6.09.